The molecule has 2 saturated heterocycles. The topological polar surface area (TPSA) is 82.7 Å². The van der Waals surface area contributed by atoms with E-state index in [4.69, 9.17) is 24.9 Å². The Bertz CT molecular complexity index is 341. The van der Waals surface area contributed by atoms with Crippen molar-refractivity contribution < 1.29 is 59.5 Å². The molecule has 9 heteroatoms. The smallest absolute Gasteiger partial charge is 1.00 e. The number of nitriles is 1. The molecular formula is C14H26BF2NNaO4. The van der Waals surface area contributed by atoms with Crippen LogP contribution in [-0.4, -0.2) is 69.1 Å². The first-order valence-corrected chi connectivity index (χ1v) is 6.68. The Morgan fingerprint density at radius 2 is 1.48 bits per heavy atom. The fourth-order valence-electron chi connectivity index (χ4n) is 2.00. The maximum atomic E-state index is 13.4. The molecule has 1 atom stereocenters. The normalized spacial score (nSPS) is 22.4. The molecule has 0 aliphatic carbocycles. The molecule has 5 nitrogen and oxygen atoms in total. The first-order valence-electron chi connectivity index (χ1n) is 6.68. The zero-order valence-electron chi connectivity index (χ0n) is 13.9. The van der Waals surface area contributed by atoms with Crippen LogP contribution in [0.5, 0.6) is 0 Å². The quantitative estimate of drug-likeness (QED) is 0.459. The van der Waals surface area contributed by atoms with E-state index in [0.717, 1.165) is 0 Å². The van der Waals surface area contributed by atoms with E-state index in [1.54, 1.807) is 0 Å². The van der Waals surface area contributed by atoms with Crippen molar-refractivity contribution in [3.8, 4) is 6.07 Å². The third-order valence-corrected chi connectivity index (χ3v) is 3.61. The van der Waals surface area contributed by atoms with Crippen molar-refractivity contribution in [1.82, 2.24) is 0 Å². The number of hydrogen-bond donors (Lipinski definition) is 2. The fourth-order valence-corrected chi connectivity index (χ4v) is 2.00. The first-order chi connectivity index (χ1) is 9.46. The minimum Gasteiger partial charge on any atom is -1.00 e. The molecule has 2 rings (SSSR count). The van der Waals surface area contributed by atoms with Gasteiger partial charge in [0.2, 0.25) is 0 Å². The summed E-state index contributed by atoms with van der Waals surface area (Å²) in [7, 11) is 0. The minimum absolute atomic E-state index is 0. The largest absolute Gasteiger partial charge is 1.00 e. The number of halogens is 2. The van der Waals surface area contributed by atoms with Gasteiger partial charge in [-0.15, -0.1) is 0 Å². The number of rotatable bonds is 2. The molecule has 2 heterocycles. The number of nitrogens with zero attached hydrogens (tertiary/aromatic N) is 1. The predicted molar refractivity (Wildman–Crippen MR) is 80.1 cm³/mol. The Morgan fingerprint density at radius 3 is 1.78 bits per heavy atom. The van der Waals surface area contributed by atoms with Gasteiger partial charge in [0.05, 0.1) is 12.7 Å². The summed E-state index contributed by atoms with van der Waals surface area (Å²) in [5, 5.41) is 25.7. The van der Waals surface area contributed by atoms with Crippen LogP contribution < -0.4 is 29.6 Å². The van der Waals surface area contributed by atoms with Crippen molar-refractivity contribution in [3.05, 3.63) is 0 Å². The van der Waals surface area contributed by atoms with Crippen LogP contribution in [-0.2, 0) is 9.47 Å². The molecule has 2 aliphatic rings. The van der Waals surface area contributed by atoms with Gasteiger partial charge in [0.25, 0.3) is 0 Å². The van der Waals surface area contributed by atoms with E-state index in [1.165, 1.54) is 6.07 Å². The van der Waals surface area contributed by atoms with Crippen molar-refractivity contribution in [2.45, 2.75) is 50.6 Å². The van der Waals surface area contributed by atoms with Gasteiger partial charge in [-0.25, -0.2) is 8.78 Å². The number of aliphatic hydroxyl groups excluding tert-OH is 2. The molecule has 0 saturated carbocycles. The van der Waals surface area contributed by atoms with Crippen molar-refractivity contribution in [2.24, 2.45) is 0 Å². The van der Waals surface area contributed by atoms with E-state index in [9.17, 15) is 8.78 Å². The molecule has 23 heavy (non-hydrogen) atoms. The molecular weight excluding hydrogens is 318 g/mol. The van der Waals surface area contributed by atoms with Crippen LogP contribution in [0.3, 0.4) is 0 Å². The fraction of sp³-hybridized carbons (Fsp3) is 0.929. The Labute approximate surface area is 162 Å². The number of alkyl halides is 2. The summed E-state index contributed by atoms with van der Waals surface area (Å²) in [6.45, 7) is 1.09. The molecule has 3 radical (unpaired) electrons. The Kier molecular flexibility index (Phi) is 16.5. The second kappa shape index (κ2) is 13.5. The molecule has 0 amide bonds. The van der Waals surface area contributed by atoms with Gasteiger partial charge in [-0.2, -0.15) is 5.26 Å². The van der Waals surface area contributed by atoms with Crippen molar-refractivity contribution in [3.63, 3.8) is 0 Å². The molecule has 129 valence electrons. The molecule has 2 aliphatic heterocycles. The van der Waals surface area contributed by atoms with Gasteiger partial charge in [0, 0.05) is 60.5 Å². The van der Waals surface area contributed by atoms with Crippen LogP contribution in [0, 0.1) is 11.3 Å². The molecule has 0 bridgehead atoms. The second-order valence-electron chi connectivity index (χ2n) is 5.10. The summed E-state index contributed by atoms with van der Waals surface area (Å²) < 4.78 is 36.2. The molecule has 0 aromatic rings. The van der Waals surface area contributed by atoms with Gasteiger partial charge in [0.15, 0.2) is 11.8 Å². The summed E-state index contributed by atoms with van der Waals surface area (Å²) in [6.07, 6.45) is -0.609. The monoisotopic (exact) mass is 344 g/mol. The Hall–Kier alpha value is 0.255. The van der Waals surface area contributed by atoms with Crippen LogP contribution in [0.2, 0.25) is 0 Å². The Balaban J connectivity index is -0.000000145. The van der Waals surface area contributed by atoms with Gasteiger partial charge >= 0.3 is 29.6 Å². The molecule has 1 unspecified atom stereocenters. The third kappa shape index (κ3) is 9.35. The Morgan fingerprint density at radius 1 is 1.09 bits per heavy atom. The van der Waals surface area contributed by atoms with E-state index in [0.29, 0.717) is 26.1 Å². The average molecular weight is 344 g/mol. The molecule has 0 spiro atoms. The third-order valence-electron chi connectivity index (χ3n) is 3.61. The van der Waals surface area contributed by atoms with Crippen LogP contribution in [0.25, 0.3) is 0 Å². The van der Waals surface area contributed by atoms with Crippen molar-refractivity contribution in [1.29, 1.82) is 5.26 Å². The zero-order chi connectivity index (χ0) is 15.1. The van der Waals surface area contributed by atoms with Crippen LogP contribution in [0.15, 0.2) is 0 Å². The zero-order valence-corrected chi connectivity index (χ0v) is 14.9. The van der Waals surface area contributed by atoms with Crippen LogP contribution in [0.4, 0.5) is 8.78 Å². The van der Waals surface area contributed by atoms with E-state index < -0.39 is 17.4 Å². The van der Waals surface area contributed by atoms with E-state index in [-0.39, 0.29) is 79.5 Å². The van der Waals surface area contributed by atoms with Gasteiger partial charge in [-0.3, -0.25) is 0 Å². The standard InChI is InChI=1S/C7H10FNO2.C6H11FO2.CH4.B.Na.H/c8-7(6(10)5-9)1-3-11-4-2-7;7-6(5-8)1-3-9-4-2-6;;;;/h6,10H,1-4H2;8H,1-5H2;1H4;;;/q;;;;+1;-1. The van der Waals surface area contributed by atoms with Gasteiger partial charge < -0.3 is 21.1 Å². The van der Waals surface area contributed by atoms with Crippen molar-refractivity contribution in [2.75, 3.05) is 33.0 Å². The number of aliphatic hydroxyl groups is 2. The van der Waals surface area contributed by atoms with E-state index >= 15 is 0 Å². The van der Waals surface area contributed by atoms with Crippen molar-refractivity contribution >= 4 is 8.41 Å². The SMILES string of the molecule is C.N#CC(O)C1(F)CCOCC1.OCC1(F)CCOCC1.[B].[H-].[Na+]. The van der Waals surface area contributed by atoms with Crippen LogP contribution >= 0.6 is 0 Å². The predicted octanol–water partition coefficient (Wildman–Crippen LogP) is -1.74. The molecule has 0 aromatic heterocycles. The minimum atomic E-state index is -1.74. The summed E-state index contributed by atoms with van der Waals surface area (Å²) >= 11 is 0. The summed E-state index contributed by atoms with van der Waals surface area (Å²) in [6, 6.07) is 1.50. The van der Waals surface area contributed by atoms with E-state index in [2.05, 4.69) is 0 Å². The van der Waals surface area contributed by atoms with Gasteiger partial charge in [0.1, 0.15) is 5.67 Å². The molecule has 0 aromatic carbocycles. The second-order valence-corrected chi connectivity index (χ2v) is 5.10. The van der Waals surface area contributed by atoms with Gasteiger partial charge in [-0.05, 0) is 0 Å². The summed E-state index contributed by atoms with van der Waals surface area (Å²) in [5.41, 5.74) is -3.09. The molecule has 2 fully saturated rings. The average Bonchev–Trinajstić information content (AvgIpc) is 2.48. The first kappa shape index (κ1) is 28.1. The van der Waals surface area contributed by atoms with E-state index in [1.807, 2.05) is 0 Å². The number of ether oxygens (including phenoxy) is 2. The molecule has 2 N–H and O–H groups in total. The summed E-state index contributed by atoms with van der Waals surface area (Å²) in [5.74, 6) is 0. The maximum Gasteiger partial charge on any atom is 1.00 e. The van der Waals surface area contributed by atoms with Gasteiger partial charge in [-0.1, -0.05) is 7.43 Å². The number of hydrogen-bond acceptors (Lipinski definition) is 5. The van der Waals surface area contributed by atoms with Crippen LogP contribution in [0.1, 0.15) is 34.5 Å². The summed E-state index contributed by atoms with van der Waals surface area (Å²) in [4.78, 5) is 0. The maximum absolute atomic E-state index is 13.4.